The molecule has 0 aliphatic carbocycles. The highest BCUT2D eigenvalue weighted by Crippen LogP contribution is 2.28. The van der Waals surface area contributed by atoms with E-state index in [4.69, 9.17) is 5.73 Å². The topological polar surface area (TPSA) is 72.6 Å². The van der Waals surface area contributed by atoms with E-state index < -0.39 is 6.09 Å². The number of nitrogens with two attached hydrogens (primary N) is 1. The number of hydroxylamine groups is 1. The Morgan fingerprint density at radius 3 is 2.86 bits per heavy atom. The van der Waals surface area contributed by atoms with Crippen LogP contribution in [0.2, 0.25) is 0 Å². The molecule has 2 N–H and O–H groups in total. The van der Waals surface area contributed by atoms with Gasteiger partial charge < -0.3 is 10.6 Å². The number of hydrogen-bond donors (Lipinski definition) is 1. The first-order valence-electron chi connectivity index (χ1n) is 4.07. The molecule has 72 valence electrons. The molecule has 1 aliphatic heterocycles. The molecule has 0 radical (unpaired) electrons. The van der Waals surface area contributed by atoms with Crippen molar-refractivity contribution in [2.45, 2.75) is 6.42 Å². The molecule has 14 heavy (non-hydrogen) atoms. The molecule has 5 nitrogen and oxygen atoms in total. The minimum Gasteiger partial charge on any atom is -0.333 e. The van der Waals surface area contributed by atoms with Gasteiger partial charge >= 0.3 is 6.09 Å². The second-order valence-electron chi connectivity index (χ2n) is 2.90. The first kappa shape index (κ1) is 8.55. The lowest BCUT2D eigenvalue weighted by Gasteiger charge is -2.13. The summed E-state index contributed by atoms with van der Waals surface area (Å²) in [5.41, 5.74) is 6.25. The molecule has 2 rings (SSSR count). The quantitative estimate of drug-likeness (QED) is 0.707. The smallest absolute Gasteiger partial charge is 0.333 e. The molecule has 0 saturated heterocycles. The van der Waals surface area contributed by atoms with Gasteiger partial charge in [0.2, 0.25) is 0 Å². The number of carbonyl (C=O) groups is 2. The Balaban J connectivity index is 2.34. The summed E-state index contributed by atoms with van der Waals surface area (Å²) in [6.45, 7) is 0. The van der Waals surface area contributed by atoms with Gasteiger partial charge in [0.1, 0.15) is 0 Å². The van der Waals surface area contributed by atoms with Gasteiger partial charge in [-0.25, -0.2) is 4.79 Å². The number of fused-ring (bicyclic) bond motifs is 1. The standard InChI is InChI=1S/C9H8N2O3/c10-9(13)14-11-7-4-2-1-3-6(7)5-8(11)12/h1-4H,5H2,(H2,10,13). The number of nitrogens with zero attached hydrogens (tertiary/aromatic N) is 1. The van der Waals surface area contributed by atoms with E-state index in [0.717, 1.165) is 10.6 Å². The molecule has 0 saturated carbocycles. The van der Waals surface area contributed by atoms with Crippen molar-refractivity contribution in [3.05, 3.63) is 29.8 Å². The summed E-state index contributed by atoms with van der Waals surface area (Å²) >= 11 is 0. The summed E-state index contributed by atoms with van der Waals surface area (Å²) in [5, 5.41) is 0.928. The molecular formula is C9H8N2O3. The third-order valence-electron chi connectivity index (χ3n) is 1.96. The number of anilines is 1. The van der Waals surface area contributed by atoms with Crippen LogP contribution in [0.25, 0.3) is 0 Å². The normalized spacial score (nSPS) is 14.0. The van der Waals surface area contributed by atoms with E-state index in [-0.39, 0.29) is 12.3 Å². The summed E-state index contributed by atoms with van der Waals surface area (Å²) in [5.74, 6) is -0.287. The molecule has 1 aromatic rings. The maximum Gasteiger partial charge on any atom is 0.429 e. The lowest BCUT2D eigenvalue weighted by molar-refractivity contribution is -0.122. The van der Waals surface area contributed by atoms with Gasteiger partial charge in [0.15, 0.2) is 0 Å². The van der Waals surface area contributed by atoms with Crippen LogP contribution in [0.15, 0.2) is 24.3 Å². The lowest BCUT2D eigenvalue weighted by Crippen LogP contribution is -2.32. The van der Waals surface area contributed by atoms with Gasteiger partial charge in [-0.3, -0.25) is 4.79 Å². The second kappa shape index (κ2) is 3.02. The van der Waals surface area contributed by atoms with Crippen LogP contribution in [0, 0.1) is 0 Å². The summed E-state index contributed by atoms with van der Waals surface area (Å²) in [4.78, 5) is 26.4. The van der Waals surface area contributed by atoms with Crippen molar-refractivity contribution in [2.75, 3.05) is 5.06 Å². The predicted octanol–water partition coefficient (Wildman–Crippen LogP) is 0.586. The molecule has 0 bridgehead atoms. The molecule has 0 fully saturated rings. The van der Waals surface area contributed by atoms with E-state index >= 15 is 0 Å². The molecule has 2 amide bonds. The van der Waals surface area contributed by atoms with Crippen molar-refractivity contribution in [3.63, 3.8) is 0 Å². The van der Waals surface area contributed by atoms with E-state index in [1.54, 1.807) is 18.2 Å². The van der Waals surface area contributed by atoms with Gasteiger partial charge in [0.05, 0.1) is 12.1 Å². The maximum atomic E-state index is 11.4. The molecule has 1 aromatic carbocycles. The monoisotopic (exact) mass is 192 g/mol. The highest BCUT2D eigenvalue weighted by atomic mass is 16.7. The zero-order chi connectivity index (χ0) is 10.1. The highest BCUT2D eigenvalue weighted by molar-refractivity contribution is 6.00. The Morgan fingerprint density at radius 1 is 1.43 bits per heavy atom. The van der Waals surface area contributed by atoms with Crippen molar-refractivity contribution in [1.29, 1.82) is 0 Å². The van der Waals surface area contributed by atoms with Crippen molar-refractivity contribution in [1.82, 2.24) is 0 Å². The SMILES string of the molecule is NC(=O)ON1C(=O)Cc2ccccc21. The fraction of sp³-hybridized carbons (Fsp3) is 0.111. The molecule has 1 heterocycles. The van der Waals surface area contributed by atoms with Crippen LogP contribution in [0.1, 0.15) is 5.56 Å². The maximum absolute atomic E-state index is 11.4. The molecule has 5 heteroatoms. The lowest BCUT2D eigenvalue weighted by atomic mass is 10.2. The van der Waals surface area contributed by atoms with Gasteiger partial charge in [-0.2, -0.15) is 0 Å². The van der Waals surface area contributed by atoms with Gasteiger partial charge in [0, 0.05) is 0 Å². The van der Waals surface area contributed by atoms with Crippen LogP contribution < -0.4 is 10.8 Å². The zero-order valence-corrected chi connectivity index (χ0v) is 7.27. The van der Waals surface area contributed by atoms with E-state index in [1.165, 1.54) is 0 Å². The molecule has 0 atom stereocenters. The third kappa shape index (κ3) is 1.28. The number of primary amides is 1. The third-order valence-corrected chi connectivity index (χ3v) is 1.96. The number of amides is 2. The minimum absolute atomic E-state index is 0.240. The van der Waals surface area contributed by atoms with Crippen LogP contribution in [0.5, 0.6) is 0 Å². The van der Waals surface area contributed by atoms with Gasteiger partial charge in [-0.15, -0.1) is 5.06 Å². The molecular weight excluding hydrogens is 184 g/mol. The average molecular weight is 192 g/mol. The first-order valence-corrected chi connectivity index (χ1v) is 4.07. The minimum atomic E-state index is -0.991. The largest absolute Gasteiger partial charge is 0.429 e. The van der Waals surface area contributed by atoms with Gasteiger partial charge in [0.25, 0.3) is 5.91 Å². The van der Waals surface area contributed by atoms with Crippen LogP contribution in [-0.2, 0) is 16.1 Å². The van der Waals surface area contributed by atoms with E-state index in [2.05, 4.69) is 4.84 Å². The Kier molecular flexibility index (Phi) is 1.85. The Bertz CT molecular complexity index is 403. The number of carbonyl (C=O) groups excluding carboxylic acids is 2. The fourth-order valence-corrected chi connectivity index (χ4v) is 1.42. The van der Waals surface area contributed by atoms with Crippen LogP contribution in [0.4, 0.5) is 10.5 Å². The Hall–Kier alpha value is -2.04. The van der Waals surface area contributed by atoms with Gasteiger partial charge in [-0.1, -0.05) is 18.2 Å². The number of benzene rings is 1. The average Bonchev–Trinajstić information content (AvgIpc) is 2.43. The van der Waals surface area contributed by atoms with Gasteiger partial charge in [-0.05, 0) is 11.6 Å². The number of rotatable bonds is 1. The Morgan fingerprint density at radius 2 is 2.14 bits per heavy atom. The molecule has 0 aromatic heterocycles. The van der Waals surface area contributed by atoms with Crippen molar-refractivity contribution in [3.8, 4) is 0 Å². The molecule has 1 aliphatic rings. The van der Waals surface area contributed by atoms with Crippen molar-refractivity contribution < 1.29 is 14.4 Å². The van der Waals surface area contributed by atoms with Crippen LogP contribution >= 0.6 is 0 Å². The predicted molar refractivity (Wildman–Crippen MR) is 48.3 cm³/mol. The van der Waals surface area contributed by atoms with Crippen molar-refractivity contribution in [2.24, 2.45) is 5.73 Å². The summed E-state index contributed by atoms with van der Waals surface area (Å²) < 4.78 is 0. The van der Waals surface area contributed by atoms with Crippen LogP contribution in [-0.4, -0.2) is 12.0 Å². The van der Waals surface area contributed by atoms with E-state index in [1.807, 2.05) is 6.07 Å². The second-order valence-corrected chi connectivity index (χ2v) is 2.90. The molecule has 0 spiro atoms. The summed E-state index contributed by atoms with van der Waals surface area (Å²) in [6, 6.07) is 7.08. The number of para-hydroxylation sites is 1. The highest BCUT2D eigenvalue weighted by Gasteiger charge is 2.29. The van der Waals surface area contributed by atoms with Crippen LogP contribution in [0.3, 0.4) is 0 Å². The first-order chi connectivity index (χ1) is 6.68. The zero-order valence-electron chi connectivity index (χ0n) is 7.27. The summed E-state index contributed by atoms with van der Waals surface area (Å²) in [7, 11) is 0. The number of hydrogen-bond acceptors (Lipinski definition) is 3. The molecule has 0 unspecified atom stereocenters. The van der Waals surface area contributed by atoms with Crippen molar-refractivity contribution >= 4 is 17.7 Å². The van der Waals surface area contributed by atoms with E-state index in [0.29, 0.717) is 5.69 Å². The van der Waals surface area contributed by atoms with E-state index in [9.17, 15) is 9.59 Å². The Labute approximate surface area is 80.0 Å². The summed E-state index contributed by atoms with van der Waals surface area (Å²) in [6.07, 6.45) is -0.751. The fourth-order valence-electron chi connectivity index (χ4n) is 1.42.